The van der Waals surface area contributed by atoms with Gasteiger partial charge in [0.25, 0.3) is 10.0 Å². The van der Waals surface area contributed by atoms with Gasteiger partial charge in [-0.2, -0.15) is 13.2 Å². The first-order chi connectivity index (χ1) is 16.4. The lowest BCUT2D eigenvalue weighted by Crippen LogP contribution is -2.27. The van der Waals surface area contributed by atoms with Crippen molar-refractivity contribution >= 4 is 33.3 Å². The van der Waals surface area contributed by atoms with Gasteiger partial charge in [0.15, 0.2) is 0 Å². The maximum atomic E-state index is 13.3. The van der Waals surface area contributed by atoms with Gasteiger partial charge in [0.1, 0.15) is 17.2 Å². The number of hydrogen-bond acceptors (Lipinski definition) is 6. The molecule has 0 bridgehead atoms. The molecule has 3 rings (SSSR count). The largest absolute Gasteiger partial charge is 0.495 e. The van der Waals surface area contributed by atoms with Gasteiger partial charge < -0.3 is 14.2 Å². The van der Waals surface area contributed by atoms with E-state index in [1.807, 2.05) is 0 Å². The molecule has 3 aromatic carbocycles. The highest BCUT2D eigenvalue weighted by molar-refractivity contribution is 7.92. The van der Waals surface area contributed by atoms with Crippen LogP contribution in [0.3, 0.4) is 0 Å². The standard InChI is InChI=1S/C23H19ClF3NO6S/c1-28(19-12-18(24)20(32-2)13-21(19)33-3)35(30,31)17-9-4-6-14(10-17)22(29)34-16-8-5-7-15(11-16)23(25,26)27/h4-13H,1-3H3. The van der Waals surface area contributed by atoms with Gasteiger partial charge in [-0.15, -0.1) is 0 Å². The smallest absolute Gasteiger partial charge is 0.416 e. The fourth-order valence-corrected chi connectivity index (χ4v) is 4.54. The third-order valence-corrected chi connectivity index (χ3v) is 6.96. The topological polar surface area (TPSA) is 82.1 Å². The molecule has 0 amide bonds. The molecule has 0 fully saturated rings. The zero-order valence-corrected chi connectivity index (χ0v) is 20.2. The molecule has 0 radical (unpaired) electrons. The molecular weight excluding hydrogens is 511 g/mol. The Kier molecular flexibility index (Phi) is 7.51. The van der Waals surface area contributed by atoms with Crippen molar-refractivity contribution in [2.24, 2.45) is 0 Å². The average Bonchev–Trinajstić information content (AvgIpc) is 2.83. The van der Waals surface area contributed by atoms with E-state index in [2.05, 4.69) is 0 Å². The number of carbonyl (C=O) groups is 1. The lowest BCUT2D eigenvalue weighted by atomic mass is 10.2. The normalized spacial score (nSPS) is 11.6. The summed E-state index contributed by atoms with van der Waals surface area (Å²) in [5.41, 5.74) is -1.07. The van der Waals surface area contributed by atoms with Crippen molar-refractivity contribution in [1.82, 2.24) is 0 Å². The van der Waals surface area contributed by atoms with Crippen LogP contribution in [0.1, 0.15) is 15.9 Å². The summed E-state index contributed by atoms with van der Waals surface area (Å²) >= 11 is 6.15. The molecule has 0 saturated carbocycles. The van der Waals surface area contributed by atoms with Gasteiger partial charge in [0, 0.05) is 13.1 Å². The summed E-state index contributed by atoms with van der Waals surface area (Å²) in [7, 11) is -0.213. The molecule has 7 nitrogen and oxygen atoms in total. The molecule has 0 aromatic heterocycles. The number of ether oxygens (including phenoxy) is 3. The molecule has 0 aliphatic carbocycles. The van der Waals surface area contributed by atoms with Crippen molar-refractivity contribution in [2.45, 2.75) is 11.1 Å². The summed E-state index contributed by atoms with van der Waals surface area (Å²) in [6.45, 7) is 0. The van der Waals surface area contributed by atoms with Crippen molar-refractivity contribution in [3.05, 3.63) is 76.8 Å². The molecule has 0 aliphatic heterocycles. The molecule has 0 saturated heterocycles. The van der Waals surface area contributed by atoms with E-state index in [4.69, 9.17) is 25.8 Å². The molecular formula is C23H19ClF3NO6S. The minimum absolute atomic E-state index is 0.107. The van der Waals surface area contributed by atoms with Crippen LogP contribution in [-0.2, 0) is 16.2 Å². The Hall–Kier alpha value is -3.44. The number of anilines is 1. The lowest BCUT2D eigenvalue weighted by Gasteiger charge is -2.23. The second-order valence-electron chi connectivity index (χ2n) is 7.07. The van der Waals surface area contributed by atoms with E-state index in [0.717, 1.165) is 22.5 Å². The van der Waals surface area contributed by atoms with Crippen LogP contribution in [0.2, 0.25) is 5.02 Å². The van der Waals surface area contributed by atoms with E-state index >= 15 is 0 Å². The van der Waals surface area contributed by atoms with Gasteiger partial charge in [0.05, 0.1) is 41.0 Å². The third kappa shape index (κ3) is 5.63. The van der Waals surface area contributed by atoms with Crippen LogP contribution in [0, 0.1) is 0 Å². The molecule has 35 heavy (non-hydrogen) atoms. The van der Waals surface area contributed by atoms with Crippen LogP contribution >= 0.6 is 11.6 Å². The van der Waals surface area contributed by atoms with Crippen LogP contribution in [0.15, 0.2) is 65.6 Å². The van der Waals surface area contributed by atoms with Crippen LogP contribution < -0.4 is 18.5 Å². The van der Waals surface area contributed by atoms with Crippen LogP contribution in [0.5, 0.6) is 17.2 Å². The van der Waals surface area contributed by atoms with Crippen LogP contribution in [-0.4, -0.2) is 35.7 Å². The number of alkyl halides is 3. The van der Waals surface area contributed by atoms with Gasteiger partial charge in [-0.25, -0.2) is 13.2 Å². The number of nitrogens with zero attached hydrogens (tertiary/aromatic N) is 1. The van der Waals surface area contributed by atoms with Gasteiger partial charge >= 0.3 is 12.1 Å². The number of hydrogen-bond donors (Lipinski definition) is 0. The quantitative estimate of drug-likeness (QED) is 0.300. The zero-order valence-electron chi connectivity index (χ0n) is 18.6. The Morgan fingerprint density at radius 2 is 1.60 bits per heavy atom. The summed E-state index contributed by atoms with van der Waals surface area (Å²) in [6.07, 6.45) is -4.62. The van der Waals surface area contributed by atoms with Gasteiger partial charge in [-0.3, -0.25) is 4.31 Å². The Morgan fingerprint density at radius 3 is 2.23 bits per heavy atom. The average molecular weight is 530 g/mol. The SMILES string of the molecule is COc1cc(OC)c(N(C)S(=O)(=O)c2cccc(C(=O)Oc3cccc(C(F)(F)F)c3)c2)cc1Cl. The summed E-state index contributed by atoms with van der Waals surface area (Å²) < 4.78 is 81.6. The maximum Gasteiger partial charge on any atom is 0.416 e. The highest BCUT2D eigenvalue weighted by Gasteiger charge is 2.31. The van der Waals surface area contributed by atoms with Gasteiger partial charge in [-0.1, -0.05) is 23.7 Å². The molecule has 0 N–H and O–H groups in total. The molecule has 0 aliphatic rings. The number of sulfonamides is 1. The van der Waals surface area contributed by atoms with Crippen molar-refractivity contribution in [3.8, 4) is 17.2 Å². The Morgan fingerprint density at radius 1 is 0.943 bits per heavy atom. The minimum Gasteiger partial charge on any atom is -0.495 e. The highest BCUT2D eigenvalue weighted by atomic mass is 35.5. The second kappa shape index (κ2) is 10.0. The Bertz CT molecular complexity index is 1360. The fraction of sp³-hybridized carbons (Fsp3) is 0.174. The molecule has 0 heterocycles. The predicted octanol–water partition coefficient (Wildman–Crippen LogP) is 5.42. The maximum absolute atomic E-state index is 13.3. The van der Waals surface area contributed by atoms with E-state index < -0.39 is 27.7 Å². The Labute approximate surface area is 204 Å². The first-order valence-electron chi connectivity index (χ1n) is 9.78. The third-order valence-electron chi connectivity index (χ3n) is 4.89. The predicted molar refractivity (Wildman–Crippen MR) is 123 cm³/mol. The molecule has 0 spiro atoms. The van der Waals surface area contributed by atoms with Crippen molar-refractivity contribution in [2.75, 3.05) is 25.6 Å². The zero-order chi connectivity index (χ0) is 26.0. The van der Waals surface area contributed by atoms with E-state index in [9.17, 15) is 26.4 Å². The van der Waals surface area contributed by atoms with E-state index in [1.54, 1.807) is 0 Å². The Balaban J connectivity index is 1.92. The number of benzene rings is 3. The number of rotatable bonds is 7. The summed E-state index contributed by atoms with van der Waals surface area (Å²) in [6, 6.07) is 11.4. The molecule has 3 aromatic rings. The number of carbonyl (C=O) groups excluding carboxylic acids is 1. The van der Waals surface area contributed by atoms with E-state index in [1.165, 1.54) is 57.7 Å². The monoisotopic (exact) mass is 529 g/mol. The van der Waals surface area contributed by atoms with Crippen molar-refractivity contribution < 1.29 is 40.6 Å². The number of methoxy groups -OCH3 is 2. The second-order valence-corrected chi connectivity index (χ2v) is 9.45. The molecule has 0 unspecified atom stereocenters. The van der Waals surface area contributed by atoms with E-state index in [-0.39, 0.29) is 38.4 Å². The summed E-state index contributed by atoms with van der Waals surface area (Å²) in [4.78, 5) is 12.3. The first kappa shape index (κ1) is 26.2. The number of esters is 1. The summed E-state index contributed by atoms with van der Waals surface area (Å²) in [5, 5.41) is 0.142. The molecule has 186 valence electrons. The van der Waals surface area contributed by atoms with E-state index in [0.29, 0.717) is 6.07 Å². The molecule has 12 heteroatoms. The fourth-order valence-electron chi connectivity index (χ4n) is 3.06. The van der Waals surface area contributed by atoms with Crippen molar-refractivity contribution in [1.29, 1.82) is 0 Å². The van der Waals surface area contributed by atoms with Crippen molar-refractivity contribution in [3.63, 3.8) is 0 Å². The lowest BCUT2D eigenvalue weighted by molar-refractivity contribution is -0.137. The first-order valence-corrected chi connectivity index (χ1v) is 11.6. The van der Waals surface area contributed by atoms with Crippen LogP contribution in [0.4, 0.5) is 18.9 Å². The van der Waals surface area contributed by atoms with Gasteiger partial charge in [0.2, 0.25) is 0 Å². The highest BCUT2D eigenvalue weighted by Crippen LogP contribution is 2.39. The number of halogens is 4. The molecule has 0 atom stereocenters. The van der Waals surface area contributed by atoms with Gasteiger partial charge in [-0.05, 0) is 42.5 Å². The summed E-state index contributed by atoms with van der Waals surface area (Å²) in [5.74, 6) is -0.934. The van der Waals surface area contributed by atoms with Crippen LogP contribution in [0.25, 0.3) is 0 Å². The minimum atomic E-state index is -4.62.